The van der Waals surface area contributed by atoms with Gasteiger partial charge in [0.2, 0.25) is 0 Å². The highest BCUT2D eigenvalue weighted by Gasteiger charge is 2.40. The minimum atomic E-state index is -4.09. The van der Waals surface area contributed by atoms with E-state index in [-0.39, 0.29) is 12.6 Å². The second kappa shape index (κ2) is 6.85. The average molecular weight is 243 g/mol. The van der Waals surface area contributed by atoms with Gasteiger partial charge in [0.1, 0.15) is 6.61 Å². The standard InChI is InChI=1S/C10H17F4NO/c1-7(2)15-4-8(3)5-16-6-10(13,14)9(11)12/h7,9,15H,3-6H2,1-2H3. The van der Waals surface area contributed by atoms with Gasteiger partial charge in [-0.15, -0.1) is 0 Å². The third-order valence-electron chi connectivity index (χ3n) is 1.68. The summed E-state index contributed by atoms with van der Waals surface area (Å²) in [6, 6.07) is 0.235. The van der Waals surface area contributed by atoms with Crippen LogP contribution in [0.15, 0.2) is 12.2 Å². The summed E-state index contributed by atoms with van der Waals surface area (Å²) >= 11 is 0. The summed E-state index contributed by atoms with van der Waals surface area (Å²) in [6.45, 7) is 6.38. The van der Waals surface area contributed by atoms with E-state index in [0.29, 0.717) is 12.1 Å². The molecule has 0 fully saturated rings. The molecule has 0 aliphatic carbocycles. The number of ether oxygens (including phenoxy) is 1. The van der Waals surface area contributed by atoms with Crippen molar-refractivity contribution in [2.75, 3.05) is 19.8 Å². The van der Waals surface area contributed by atoms with Gasteiger partial charge in [0.25, 0.3) is 0 Å². The molecule has 6 heteroatoms. The van der Waals surface area contributed by atoms with Crippen LogP contribution in [0.1, 0.15) is 13.8 Å². The third-order valence-corrected chi connectivity index (χ3v) is 1.68. The summed E-state index contributed by atoms with van der Waals surface area (Å²) in [5.41, 5.74) is 0.541. The fourth-order valence-electron chi connectivity index (χ4n) is 0.794. The fourth-order valence-corrected chi connectivity index (χ4v) is 0.794. The number of hydrogen-bond acceptors (Lipinski definition) is 2. The third kappa shape index (κ3) is 6.79. The van der Waals surface area contributed by atoms with Crippen molar-refractivity contribution >= 4 is 0 Å². The Bertz CT molecular complexity index is 219. The molecule has 0 rings (SSSR count). The van der Waals surface area contributed by atoms with Crippen molar-refractivity contribution in [3.05, 3.63) is 12.2 Å². The molecule has 0 aliphatic rings. The van der Waals surface area contributed by atoms with Crippen molar-refractivity contribution in [1.82, 2.24) is 5.32 Å². The van der Waals surface area contributed by atoms with E-state index < -0.39 is 19.0 Å². The SMILES string of the molecule is C=C(CNC(C)C)COCC(F)(F)C(F)F. The lowest BCUT2D eigenvalue weighted by Crippen LogP contribution is -2.33. The maximum atomic E-state index is 12.4. The van der Waals surface area contributed by atoms with Crippen molar-refractivity contribution in [2.24, 2.45) is 0 Å². The van der Waals surface area contributed by atoms with Crippen LogP contribution >= 0.6 is 0 Å². The largest absolute Gasteiger partial charge is 0.371 e. The molecule has 1 N–H and O–H groups in total. The van der Waals surface area contributed by atoms with Gasteiger partial charge in [-0.1, -0.05) is 20.4 Å². The zero-order chi connectivity index (χ0) is 12.8. The van der Waals surface area contributed by atoms with Crippen molar-refractivity contribution in [3.8, 4) is 0 Å². The second-order valence-electron chi connectivity index (χ2n) is 3.84. The molecule has 0 spiro atoms. The molecule has 0 aromatic heterocycles. The Labute approximate surface area is 92.7 Å². The zero-order valence-electron chi connectivity index (χ0n) is 9.40. The van der Waals surface area contributed by atoms with Crippen LogP contribution in [0.4, 0.5) is 17.6 Å². The fraction of sp³-hybridized carbons (Fsp3) is 0.800. The number of rotatable bonds is 8. The van der Waals surface area contributed by atoms with Gasteiger partial charge in [0.15, 0.2) is 0 Å². The van der Waals surface area contributed by atoms with Crippen LogP contribution in [0.3, 0.4) is 0 Å². The van der Waals surface area contributed by atoms with Gasteiger partial charge in [0, 0.05) is 12.6 Å². The molecule has 0 aliphatic heterocycles. The van der Waals surface area contributed by atoms with Gasteiger partial charge >= 0.3 is 12.3 Å². The molecule has 2 nitrogen and oxygen atoms in total. The van der Waals surface area contributed by atoms with Crippen LogP contribution in [0.25, 0.3) is 0 Å². The molecule has 0 radical (unpaired) electrons. The molecule has 16 heavy (non-hydrogen) atoms. The van der Waals surface area contributed by atoms with E-state index in [4.69, 9.17) is 0 Å². The predicted octanol–water partition coefficient (Wildman–Crippen LogP) is 2.46. The molecule has 0 bridgehead atoms. The van der Waals surface area contributed by atoms with Gasteiger partial charge in [0.05, 0.1) is 6.61 Å². The number of nitrogens with one attached hydrogen (secondary N) is 1. The second-order valence-corrected chi connectivity index (χ2v) is 3.84. The molecular weight excluding hydrogens is 226 g/mol. The molecule has 0 amide bonds. The normalized spacial score (nSPS) is 12.5. The molecule has 96 valence electrons. The van der Waals surface area contributed by atoms with Gasteiger partial charge < -0.3 is 10.1 Å². The maximum absolute atomic E-state index is 12.4. The summed E-state index contributed by atoms with van der Waals surface area (Å²) < 4.78 is 52.7. The molecule has 0 heterocycles. The molecular formula is C10H17F4NO. The first-order valence-electron chi connectivity index (χ1n) is 4.89. The van der Waals surface area contributed by atoms with Crippen molar-refractivity contribution in [2.45, 2.75) is 32.2 Å². The van der Waals surface area contributed by atoms with Crippen LogP contribution < -0.4 is 5.32 Å². The molecule has 0 saturated carbocycles. The Morgan fingerprint density at radius 1 is 1.38 bits per heavy atom. The van der Waals surface area contributed by atoms with Crippen molar-refractivity contribution in [1.29, 1.82) is 0 Å². The van der Waals surface area contributed by atoms with E-state index in [1.54, 1.807) is 0 Å². The first-order chi connectivity index (χ1) is 7.25. The van der Waals surface area contributed by atoms with E-state index in [1.807, 2.05) is 13.8 Å². The smallest absolute Gasteiger partial charge is 0.330 e. The monoisotopic (exact) mass is 243 g/mol. The van der Waals surface area contributed by atoms with Gasteiger partial charge in [-0.05, 0) is 5.57 Å². The molecule has 0 saturated heterocycles. The predicted molar refractivity (Wildman–Crippen MR) is 54.0 cm³/mol. The van der Waals surface area contributed by atoms with E-state index in [1.165, 1.54) is 0 Å². The van der Waals surface area contributed by atoms with Crippen LogP contribution in [0, 0.1) is 0 Å². The first-order valence-corrected chi connectivity index (χ1v) is 4.89. The summed E-state index contributed by atoms with van der Waals surface area (Å²) in [6.07, 6.45) is -3.70. The highest BCUT2D eigenvalue weighted by Crippen LogP contribution is 2.22. The number of alkyl halides is 4. The van der Waals surface area contributed by atoms with Crippen LogP contribution in [0.5, 0.6) is 0 Å². The van der Waals surface area contributed by atoms with Crippen LogP contribution in [-0.2, 0) is 4.74 Å². The quantitative estimate of drug-likeness (QED) is 0.522. The Hall–Kier alpha value is -0.620. The average Bonchev–Trinajstić information content (AvgIpc) is 2.14. The van der Waals surface area contributed by atoms with Gasteiger partial charge in [-0.2, -0.15) is 8.78 Å². The van der Waals surface area contributed by atoms with Crippen molar-refractivity contribution < 1.29 is 22.3 Å². The summed E-state index contributed by atoms with van der Waals surface area (Å²) in [4.78, 5) is 0. The Morgan fingerprint density at radius 3 is 2.38 bits per heavy atom. The van der Waals surface area contributed by atoms with Crippen molar-refractivity contribution in [3.63, 3.8) is 0 Å². The van der Waals surface area contributed by atoms with E-state index in [2.05, 4.69) is 16.6 Å². The summed E-state index contributed by atoms with van der Waals surface area (Å²) in [5.74, 6) is -4.09. The molecule has 0 unspecified atom stereocenters. The topological polar surface area (TPSA) is 21.3 Å². The molecule has 0 aromatic rings. The number of hydrogen-bond donors (Lipinski definition) is 1. The summed E-state index contributed by atoms with van der Waals surface area (Å²) in [7, 11) is 0. The maximum Gasteiger partial charge on any atom is 0.330 e. The van der Waals surface area contributed by atoms with Gasteiger partial charge in [-0.3, -0.25) is 0 Å². The Balaban J connectivity index is 3.70. The van der Waals surface area contributed by atoms with E-state index >= 15 is 0 Å². The molecule has 0 aromatic carbocycles. The highest BCUT2D eigenvalue weighted by molar-refractivity contribution is 4.97. The Morgan fingerprint density at radius 2 is 1.94 bits per heavy atom. The van der Waals surface area contributed by atoms with E-state index in [0.717, 1.165) is 0 Å². The minimum Gasteiger partial charge on any atom is -0.371 e. The minimum absolute atomic E-state index is 0.151. The zero-order valence-corrected chi connectivity index (χ0v) is 9.40. The lowest BCUT2D eigenvalue weighted by molar-refractivity contribution is -0.163. The van der Waals surface area contributed by atoms with Gasteiger partial charge in [-0.25, -0.2) is 8.78 Å². The number of halogens is 4. The van der Waals surface area contributed by atoms with Crippen LogP contribution in [0.2, 0.25) is 0 Å². The van der Waals surface area contributed by atoms with E-state index in [9.17, 15) is 17.6 Å². The van der Waals surface area contributed by atoms with Crippen LogP contribution in [-0.4, -0.2) is 38.1 Å². The summed E-state index contributed by atoms with van der Waals surface area (Å²) in [5, 5.41) is 3.00. The lowest BCUT2D eigenvalue weighted by Gasteiger charge is -2.16. The Kier molecular flexibility index (Phi) is 6.59. The lowest BCUT2D eigenvalue weighted by atomic mass is 10.3. The molecule has 0 atom stereocenters. The highest BCUT2D eigenvalue weighted by atomic mass is 19.3. The first kappa shape index (κ1) is 15.4.